The molecule has 1 aromatic rings. The number of nitrogens with one attached hydrogen (secondary N) is 2. The largest absolute Gasteiger partial charge is 0.359 e. The Labute approximate surface area is 131 Å². The van der Waals surface area contributed by atoms with Crippen molar-refractivity contribution in [3.05, 3.63) is 30.1 Å². The van der Waals surface area contributed by atoms with Gasteiger partial charge in [-0.2, -0.15) is 0 Å². The van der Waals surface area contributed by atoms with Crippen LogP contribution in [0.1, 0.15) is 40.5 Å². The van der Waals surface area contributed by atoms with E-state index in [4.69, 9.17) is 12.2 Å². The third-order valence-corrected chi connectivity index (χ3v) is 3.98. The van der Waals surface area contributed by atoms with E-state index in [0.717, 1.165) is 18.5 Å². The van der Waals surface area contributed by atoms with Crippen molar-refractivity contribution >= 4 is 23.0 Å². The average Bonchev–Trinajstić information content (AvgIpc) is 2.27. The third kappa shape index (κ3) is 4.93. The van der Waals surface area contributed by atoms with Gasteiger partial charge in [0.2, 0.25) is 0 Å². The first-order valence-corrected chi connectivity index (χ1v) is 7.76. The number of nitrogens with two attached hydrogens (primary N) is 1. The predicted molar refractivity (Wildman–Crippen MR) is 88.9 cm³/mol. The van der Waals surface area contributed by atoms with E-state index in [9.17, 15) is 4.39 Å². The minimum Gasteiger partial charge on any atom is -0.359 e. The van der Waals surface area contributed by atoms with Gasteiger partial charge >= 0.3 is 0 Å². The van der Waals surface area contributed by atoms with Crippen molar-refractivity contribution in [1.82, 2.24) is 5.32 Å². The van der Waals surface area contributed by atoms with E-state index in [1.165, 1.54) is 12.1 Å². The van der Waals surface area contributed by atoms with Crippen LogP contribution in [0, 0.1) is 5.82 Å². The molecule has 0 saturated carbocycles. The van der Waals surface area contributed by atoms with Crippen molar-refractivity contribution in [2.24, 2.45) is 0 Å². The molecule has 5 heteroatoms. The van der Waals surface area contributed by atoms with Crippen LogP contribution in [-0.2, 0) is 0 Å². The first kappa shape index (κ1) is 16.2. The van der Waals surface area contributed by atoms with Crippen molar-refractivity contribution in [3.63, 3.8) is 0 Å². The summed E-state index contributed by atoms with van der Waals surface area (Å²) in [6.07, 6.45) is 2.11. The normalized spacial score (nSPS) is 20.8. The van der Waals surface area contributed by atoms with E-state index in [1.807, 2.05) is 0 Å². The summed E-state index contributed by atoms with van der Waals surface area (Å²) in [5.41, 5.74) is 1.20. The molecule has 0 atom stereocenters. The van der Waals surface area contributed by atoms with Crippen LogP contribution in [0.2, 0.25) is 0 Å². The fourth-order valence-electron chi connectivity index (χ4n) is 3.51. The molecule has 0 amide bonds. The maximum Gasteiger partial charge on any atom is 0.171 e. The van der Waals surface area contributed by atoms with Crippen molar-refractivity contribution in [2.75, 3.05) is 5.32 Å². The smallest absolute Gasteiger partial charge is 0.171 e. The maximum absolute atomic E-state index is 12.9. The van der Waals surface area contributed by atoms with Crippen LogP contribution >= 0.6 is 12.2 Å². The van der Waals surface area contributed by atoms with Gasteiger partial charge in [-0.15, -0.1) is 0 Å². The molecule has 1 aliphatic heterocycles. The first-order valence-electron chi connectivity index (χ1n) is 7.35. The number of halogens is 1. The number of hydrogen-bond donors (Lipinski definition) is 3. The van der Waals surface area contributed by atoms with E-state index in [1.54, 1.807) is 12.1 Å². The molecule has 1 saturated heterocycles. The van der Waals surface area contributed by atoms with Crippen molar-refractivity contribution < 1.29 is 9.71 Å². The molecule has 1 fully saturated rings. The van der Waals surface area contributed by atoms with Gasteiger partial charge in [-0.05, 0) is 64.2 Å². The first-order chi connectivity index (χ1) is 9.65. The molecule has 0 aliphatic carbocycles. The molecule has 21 heavy (non-hydrogen) atoms. The lowest BCUT2D eigenvalue weighted by Crippen LogP contribution is -3.06. The molecule has 1 aliphatic rings. The Bertz CT molecular complexity index is 495. The monoisotopic (exact) mass is 310 g/mol. The molecule has 116 valence electrons. The summed E-state index contributed by atoms with van der Waals surface area (Å²) in [4.78, 5) is 0. The lowest BCUT2D eigenvalue weighted by atomic mass is 9.80. The van der Waals surface area contributed by atoms with E-state index < -0.39 is 0 Å². The zero-order valence-electron chi connectivity index (χ0n) is 13.2. The van der Waals surface area contributed by atoms with E-state index in [-0.39, 0.29) is 16.9 Å². The number of thiocarbonyl (C=S) groups is 1. The number of quaternary nitrogens is 1. The second-order valence-electron chi connectivity index (χ2n) is 7.33. The summed E-state index contributed by atoms with van der Waals surface area (Å²) in [6, 6.07) is 6.57. The Morgan fingerprint density at radius 3 is 2.19 bits per heavy atom. The van der Waals surface area contributed by atoms with Gasteiger partial charge in [0, 0.05) is 24.6 Å². The van der Waals surface area contributed by atoms with Crippen LogP contribution in [0.25, 0.3) is 0 Å². The molecule has 0 unspecified atom stereocenters. The SMILES string of the molecule is CC1(C)CC(NC(=S)Nc2ccc(F)cc2)CC(C)(C)[NH2+]1. The van der Waals surface area contributed by atoms with Gasteiger partial charge in [0.05, 0.1) is 11.1 Å². The van der Waals surface area contributed by atoms with Crippen LogP contribution < -0.4 is 16.0 Å². The van der Waals surface area contributed by atoms with Gasteiger partial charge < -0.3 is 16.0 Å². The molecule has 0 radical (unpaired) electrons. The Balaban J connectivity index is 1.94. The van der Waals surface area contributed by atoms with Crippen LogP contribution in [0.4, 0.5) is 10.1 Å². The highest BCUT2D eigenvalue weighted by molar-refractivity contribution is 7.80. The Morgan fingerprint density at radius 2 is 1.67 bits per heavy atom. The van der Waals surface area contributed by atoms with Gasteiger partial charge in [0.25, 0.3) is 0 Å². The van der Waals surface area contributed by atoms with Crippen LogP contribution in [0.15, 0.2) is 24.3 Å². The third-order valence-electron chi connectivity index (χ3n) is 3.76. The quantitative estimate of drug-likeness (QED) is 0.735. The lowest BCUT2D eigenvalue weighted by Gasteiger charge is -2.43. The van der Waals surface area contributed by atoms with Gasteiger partial charge in [-0.1, -0.05) is 0 Å². The van der Waals surface area contributed by atoms with E-state index >= 15 is 0 Å². The van der Waals surface area contributed by atoms with E-state index in [0.29, 0.717) is 11.2 Å². The number of piperidine rings is 1. The minimum atomic E-state index is -0.245. The molecule has 2 rings (SSSR count). The molecular weight excluding hydrogens is 285 g/mol. The molecule has 4 N–H and O–H groups in total. The molecule has 0 spiro atoms. The summed E-state index contributed by atoms with van der Waals surface area (Å²) in [7, 11) is 0. The summed E-state index contributed by atoms with van der Waals surface area (Å²) in [5.74, 6) is -0.245. The molecule has 3 nitrogen and oxygen atoms in total. The maximum atomic E-state index is 12.9. The summed E-state index contributed by atoms with van der Waals surface area (Å²) >= 11 is 5.37. The van der Waals surface area contributed by atoms with Crippen molar-refractivity contribution in [3.8, 4) is 0 Å². The van der Waals surface area contributed by atoms with Gasteiger partial charge in [-0.25, -0.2) is 4.39 Å². The Kier molecular flexibility index (Phi) is 4.54. The summed E-state index contributed by atoms with van der Waals surface area (Å²) < 4.78 is 12.9. The summed E-state index contributed by atoms with van der Waals surface area (Å²) in [5, 5.41) is 9.55. The van der Waals surface area contributed by atoms with Crippen LogP contribution in [-0.4, -0.2) is 22.2 Å². The molecular formula is C16H25FN3S+. The standard InChI is InChI=1S/C16H24FN3S/c1-15(2)9-13(10-16(3,4)20-15)19-14(21)18-12-7-5-11(17)6-8-12/h5-8,13,20H,9-10H2,1-4H3,(H2,18,19,21)/p+1. The molecule has 1 heterocycles. The van der Waals surface area contributed by atoms with Crippen molar-refractivity contribution in [2.45, 2.75) is 57.7 Å². The second-order valence-corrected chi connectivity index (χ2v) is 7.74. The Hall–Kier alpha value is -1.20. The van der Waals surface area contributed by atoms with E-state index in [2.05, 4.69) is 43.6 Å². The topological polar surface area (TPSA) is 40.7 Å². The predicted octanol–water partition coefficient (Wildman–Crippen LogP) is 2.40. The highest BCUT2D eigenvalue weighted by atomic mass is 32.1. The van der Waals surface area contributed by atoms with Gasteiger partial charge in [0.15, 0.2) is 5.11 Å². The van der Waals surface area contributed by atoms with Crippen LogP contribution in [0.5, 0.6) is 0 Å². The Morgan fingerprint density at radius 1 is 1.14 bits per heavy atom. The number of benzene rings is 1. The van der Waals surface area contributed by atoms with Gasteiger partial charge in [-0.3, -0.25) is 0 Å². The average molecular weight is 310 g/mol. The lowest BCUT2D eigenvalue weighted by molar-refractivity contribution is -0.787. The number of rotatable bonds is 2. The molecule has 1 aromatic carbocycles. The number of hydrogen-bond acceptors (Lipinski definition) is 1. The highest BCUT2D eigenvalue weighted by Gasteiger charge is 2.41. The molecule has 0 bridgehead atoms. The van der Waals surface area contributed by atoms with Gasteiger partial charge in [0.1, 0.15) is 5.82 Å². The second kappa shape index (κ2) is 5.89. The molecule has 0 aromatic heterocycles. The van der Waals surface area contributed by atoms with Crippen LogP contribution in [0.3, 0.4) is 0 Å². The highest BCUT2D eigenvalue weighted by Crippen LogP contribution is 2.21. The minimum absolute atomic E-state index is 0.199. The summed E-state index contributed by atoms with van der Waals surface area (Å²) in [6.45, 7) is 9.05. The van der Waals surface area contributed by atoms with Crippen molar-refractivity contribution in [1.29, 1.82) is 0 Å². The fraction of sp³-hybridized carbons (Fsp3) is 0.562. The number of anilines is 1. The zero-order valence-corrected chi connectivity index (χ0v) is 14.0. The fourth-order valence-corrected chi connectivity index (χ4v) is 3.79. The zero-order chi connectivity index (χ0) is 15.7.